The third kappa shape index (κ3) is 3.56. The van der Waals surface area contributed by atoms with Gasteiger partial charge in [0.05, 0.1) is 5.69 Å². The Bertz CT molecular complexity index is 454. The van der Waals surface area contributed by atoms with Crippen molar-refractivity contribution >= 4 is 5.97 Å². The van der Waals surface area contributed by atoms with Crippen LogP contribution in [0.5, 0.6) is 0 Å². The fourth-order valence-corrected chi connectivity index (χ4v) is 2.31. The van der Waals surface area contributed by atoms with E-state index >= 15 is 0 Å². The van der Waals surface area contributed by atoms with Crippen molar-refractivity contribution in [1.82, 2.24) is 15.1 Å². The summed E-state index contributed by atoms with van der Waals surface area (Å²) in [6, 6.07) is 1.87. The largest absolute Gasteiger partial charge is 0.455 e. The predicted octanol–water partition coefficient (Wildman–Crippen LogP) is 1.84. The second-order valence-corrected chi connectivity index (χ2v) is 6.12. The van der Waals surface area contributed by atoms with Gasteiger partial charge in [0.2, 0.25) is 0 Å². The van der Waals surface area contributed by atoms with Crippen LogP contribution in [0.3, 0.4) is 0 Å². The Morgan fingerprint density at radius 1 is 1.53 bits per heavy atom. The molecule has 5 heteroatoms. The molecule has 0 aliphatic carbocycles. The van der Waals surface area contributed by atoms with Gasteiger partial charge in [0.15, 0.2) is 0 Å². The SMILES string of the molecule is Cn1nc([C@H]2CCCNC2)cc1C(=O)OC(C)(C)C. The lowest BCUT2D eigenvalue weighted by molar-refractivity contribution is 0.00576. The number of hydrogen-bond donors (Lipinski definition) is 1. The summed E-state index contributed by atoms with van der Waals surface area (Å²) < 4.78 is 7.01. The number of aromatic nitrogens is 2. The standard InChI is InChI=1S/C14H23N3O2/c1-14(2,3)19-13(18)12-8-11(16-17(12)4)10-6-5-7-15-9-10/h8,10,15H,5-7,9H2,1-4H3/t10-/m0/s1. The number of rotatable bonds is 2. The number of aryl methyl sites for hydroxylation is 1. The number of hydrogen-bond acceptors (Lipinski definition) is 4. The van der Waals surface area contributed by atoms with Crippen molar-refractivity contribution in [3.63, 3.8) is 0 Å². The molecule has 1 fully saturated rings. The van der Waals surface area contributed by atoms with Crippen LogP contribution in [0.2, 0.25) is 0 Å². The number of carbonyl (C=O) groups is 1. The van der Waals surface area contributed by atoms with Crippen LogP contribution in [0, 0.1) is 0 Å². The zero-order valence-corrected chi connectivity index (χ0v) is 12.2. The molecular weight excluding hydrogens is 242 g/mol. The van der Waals surface area contributed by atoms with Crippen LogP contribution in [0.25, 0.3) is 0 Å². The number of piperidine rings is 1. The number of esters is 1. The number of nitrogens with zero attached hydrogens (tertiary/aromatic N) is 2. The molecule has 1 aliphatic heterocycles. The molecule has 1 saturated heterocycles. The van der Waals surface area contributed by atoms with Crippen molar-refractivity contribution in [2.45, 2.75) is 45.1 Å². The van der Waals surface area contributed by atoms with Crippen molar-refractivity contribution < 1.29 is 9.53 Å². The fraction of sp³-hybridized carbons (Fsp3) is 0.714. The molecule has 0 amide bonds. The fourth-order valence-electron chi connectivity index (χ4n) is 2.31. The highest BCUT2D eigenvalue weighted by atomic mass is 16.6. The highest BCUT2D eigenvalue weighted by Crippen LogP contribution is 2.23. The highest BCUT2D eigenvalue weighted by Gasteiger charge is 2.24. The topological polar surface area (TPSA) is 56.2 Å². The maximum atomic E-state index is 12.1. The molecule has 1 aromatic heterocycles. The van der Waals surface area contributed by atoms with Crippen molar-refractivity contribution in [2.24, 2.45) is 7.05 Å². The molecule has 0 bridgehead atoms. The Morgan fingerprint density at radius 3 is 2.84 bits per heavy atom. The summed E-state index contributed by atoms with van der Waals surface area (Å²) in [5.41, 5.74) is 1.03. The molecular formula is C14H23N3O2. The van der Waals surface area contributed by atoms with E-state index in [2.05, 4.69) is 10.4 Å². The summed E-state index contributed by atoms with van der Waals surface area (Å²) in [7, 11) is 1.79. The molecule has 0 unspecified atom stereocenters. The van der Waals surface area contributed by atoms with Crippen molar-refractivity contribution in [1.29, 1.82) is 0 Å². The third-order valence-electron chi connectivity index (χ3n) is 3.22. The first kappa shape index (κ1) is 14.1. The van der Waals surface area contributed by atoms with Gasteiger partial charge >= 0.3 is 5.97 Å². The Balaban J connectivity index is 2.14. The predicted molar refractivity (Wildman–Crippen MR) is 73.2 cm³/mol. The maximum Gasteiger partial charge on any atom is 0.357 e. The molecule has 1 aliphatic rings. The minimum Gasteiger partial charge on any atom is -0.455 e. The second kappa shape index (κ2) is 5.33. The molecule has 1 N–H and O–H groups in total. The summed E-state index contributed by atoms with van der Waals surface area (Å²) in [4.78, 5) is 12.1. The van der Waals surface area contributed by atoms with E-state index in [1.807, 2.05) is 26.8 Å². The molecule has 5 nitrogen and oxygen atoms in total. The van der Waals surface area contributed by atoms with Crippen LogP contribution < -0.4 is 5.32 Å². The minimum absolute atomic E-state index is 0.308. The Labute approximate surface area is 114 Å². The van der Waals surface area contributed by atoms with E-state index in [-0.39, 0.29) is 5.97 Å². The van der Waals surface area contributed by atoms with Gasteiger partial charge in [0.25, 0.3) is 0 Å². The molecule has 0 radical (unpaired) electrons. The van der Waals surface area contributed by atoms with Gasteiger partial charge < -0.3 is 10.1 Å². The average Bonchev–Trinajstić information content (AvgIpc) is 2.70. The summed E-state index contributed by atoms with van der Waals surface area (Å²) in [5.74, 6) is 0.0913. The van der Waals surface area contributed by atoms with Crippen LogP contribution in [-0.2, 0) is 11.8 Å². The van der Waals surface area contributed by atoms with Gasteiger partial charge in [-0.25, -0.2) is 4.79 Å². The van der Waals surface area contributed by atoms with E-state index in [0.29, 0.717) is 11.6 Å². The van der Waals surface area contributed by atoms with Crippen molar-refractivity contribution in [3.8, 4) is 0 Å². The Morgan fingerprint density at radius 2 is 2.26 bits per heavy atom. The van der Waals surface area contributed by atoms with Gasteiger partial charge in [-0.2, -0.15) is 5.10 Å². The molecule has 0 saturated carbocycles. The Kier molecular flexibility index (Phi) is 3.94. The van der Waals surface area contributed by atoms with Gasteiger partial charge in [0, 0.05) is 19.5 Å². The molecule has 0 aromatic carbocycles. The molecule has 1 aromatic rings. The monoisotopic (exact) mass is 265 g/mol. The van der Waals surface area contributed by atoms with Crippen LogP contribution in [0.15, 0.2) is 6.07 Å². The normalized spacial score (nSPS) is 20.3. The molecule has 0 spiro atoms. The minimum atomic E-state index is -0.478. The van der Waals surface area contributed by atoms with E-state index in [1.54, 1.807) is 11.7 Å². The van der Waals surface area contributed by atoms with Crippen LogP contribution in [-0.4, -0.2) is 34.4 Å². The van der Waals surface area contributed by atoms with Gasteiger partial charge in [-0.3, -0.25) is 4.68 Å². The van der Waals surface area contributed by atoms with Gasteiger partial charge in [0.1, 0.15) is 11.3 Å². The van der Waals surface area contributed by atoms with E-state index < -0.39 is 5.60 Å². The quantitative estimate of drug-likeness (QED) is 0.829. The van der Waals surface area contributed by atoms with Gasteiger partial charge in [-0.1, -0.05) is 0 Å². The Hall–Kier alpha value is -1.36. The van der Waals surface area contributed by atoms with Gasteiger partial charge in [-0.15, -0.1) is 0 Å². The summed E-state index contributed by atoms with van der Waals surface area (Å²) >= 11 is 0. The number of ether oxygens (including phenoxy) is 1. The van der Waals surface area contributed by atoms with Crippen molar-refractivity contribution in [2.75, 3.05) is 13.1 Å². The molecule has 19 heavy (non-hydrogen) atoms. The first-order valence-electron chi connectivity index (χ1n) is 6.85. The van der Waals surface area contributed by atoms with Gasteiger partial charge in [-0.05, 0) is 46.2 Å². The van der Waals surface area contributed by atoms with Crippen molar-refractivity contribution in [3.05, 3.63) is 17.5 Å². The first-order valence-corrected chi connectivity index (χ1v) is 6.85. The summed E-state index contributed by atoms with van der Waals surface area (Å²) in [6.07, 6.45) is 2.28. The lowest BCUT2D eigenvalue weighted by Crippen LogP contribution is -2.28. The van der Waals surface area contributed by atoms with E-state index in [0.717, 1.165) is 31.6 Å². The zero-order chi connectivity index (χ0) is 14.0. The summed E-state index contributed by atoms with van der Waals surface area (Å²) in [6.45, 7) is 7.61. The molecule has 2 heterocycles. The third-order valence-corrected chi connectivity index (χ3v) is 3.22. The zero-order valence-electron chi connectivity index (χ0n) is 12.2. The van der Waals surface area contributed by atoms with Crippen LogP contribution in [0.4, 0.5) is 0 Å². The highest BCUT2D eigenvalue weighted by molar-refractivity contribution is 5.88. The second-order valence-electron chi connectivity index (χ2n) is 6.12. The van der Waals surface area contributed by atoms with E-state index in [9.17, 15) is 4.79 Å². The molecule has 2 rings (SSSR count). The maximum absolute atomic E-state index is 12.1. The number of carbonyl (C=O) groups excluding carboxylic acids is 1. The lowest BCUT2D eigenvalue weighted by Gasteiger charge is -2.20. The van der Waals surface area contributed by atoms with E-state index in [1.165, 1.54) is 0 Å². The smallest absolute Gasteiger partial charge is 0.357 e. The average molecular weight is 265 g/mol. The van der Waals surface area contributed by atoms with Crippen LogP contribution >= 0.6 is 0 Å². The number of nitrogens with one attached hydrogen (secondary N) is 1. The first-order chi connectivity index (χ1) is 8.87. The lowest BCUT2D eigenvalue weighted by atomic mass is 9.96. The summed E-state index contributed by atoms with van der Waals surface area (Å²) in [5, 5.41) is 7.83. The molecule has 106 valence electrons. The molecule has 1 atom stereocenters. The van der Waals surface area contributed by atoms with Crippen LogP contribution in [0.1, 0.15) is 55.7 Å². The van der Waals surface area contributed by atoms with E-state index in [4.69, 9.17) is 4.74 Å².